The zero-order chi connectivity index (χ0) is 14.7. The minimum atomic E-state index is -3.25. The molecule has 0 N–H and O–H groups in total. The highest BCUT2D eigenvalue weighted by Gasteiger charge is 2.35. The highest BCUT2D eigenvalue weighted by Crippen LogP contribution is 2.29. The maximum atomic E-state index is 12.9. The summed E-state index contributed by atoms with van der Waals surface area (Å²) < 4.78 is 31.1. The van der Waals surface area contributed by atoms with Gasteiger partial charge in [-0.25, -0.2) is 4.79 Å². The molecule has 0 atom stereocenters. The minimum Gasteiger partial charge on any atom is -0.444 e. The summed E-state index contributed by atoms with van der Waals surface area (Å²) in [5.74, 6) is -3.47. The fraction of sp³-hybridized carbons (Fsp3) is 0.846. The number of rotatable bonds is 3. The van der Waals surface area contributed by atoms with E-state index in [9.17, 15) is 18.4 Å². The molecule has 0 saturated carbocycles. The van der Waals surface area contributed by atoms with E-state index in [0.717, 1.165) is 0 Å². The van der Waals surface area contributed by atoms with Crippen LogP contribution < -0.4 is 0 Å². The Balaban J connectivity index is 2.41. The molecule has 0 aromatic heterocycles. The zero-order valence-electron chi connectivity index (χ0n) is 11.6. The van der Waals surface area contributed by atoms with E-state index in [1.807, 2.05) is 0 Å². The smallest absolute Gasteiger partial charge is 0.410 e. The Bertz CT molecular complexity index is 331. The Kier molecular flexibility index (Phi) is 4.87. The molecule has 1 amide bonds. The largest absolute Gasteiger partial charge is 0.444 e. The number of nitrogens with zero attached hydrogens (tertiary/aromatic N) is 1. The van der Waals surface area contributed by atoms with E-state index >= 15 is 0 Å². The van der Waals surface area contributed by atoms with Crippen molar-refractivity contribution in [2.24, 2.45) is 5.92 Å². The van der Waals surface area contributed by atoms with Crippen molar-refractivity contribution in [1.82, 2.24) is 4.90 Å². The highest BCUT2D eigenvalue weighted by atomic mass is 19.3. The Morgan fingerprint density at radius 1 is 1.32 bits per heavy atom. The van der Waals surface area contributed by atoms with Gasteiger partial charge in [0, 0.05) is 19.5 Å². The van der Waals surface area contributed by atoms with Gasteiger partial charge in [-0.15, -0.1) is 0 Å². The van der Waals surface area contributed by atoms with Crippen molar-refractivity contribution in [3.8, 4) is 0 Å². The molecule has 4 nitrogen and oxygen atoms in total. The predicted molar refractivity (Wildman–Crippen MR) is 66.2 cm³/mol. The van der Waals surface area contributed by atoms with E-state index in [0.29, 0.717) is 25.9 Å². The van der Waals surface area contributed by atoms with Crippen LogP contribution >= 0.6 is 0 Å². The summed E-state index contributed by atoms with van der Waals surface area (Å²) in [5.41, 5.74) is -0.557. The zero-order valence-corrected chi connectivity index (χ0v) is 11.6. The second-order valence-corrected chi connectivity index (χ2v) is 5.99. The molecule has 0 aliphatic carbocycles. The topological polar surface area (TPSA) is 46.6 Å². The van der Waals surface area contributed by atoms with E-state index in [1.54, 1.807) is 20.8 Å². The van der Waals surface area contributed by atoms with Crippen LogP contribution in [0, 0.1) is 5.92 Å². The Hall–Kier alpha value is -1.20. The SMILES string of the molecule is CC(C)(C)OC(=O)N1CCC(CC(F)(F)C=O)CC1. The van der Waals surface area contributed by atoms with Gasteiger partial charge in [0.15, 0.2) is 6.29 Å². The van der Waals surface area contributed by atoms with Gasteiger partial charge in [0.1, 0.15) is 5.60 Å². The molecule has 1 aliphatic heterocycles. The molecule has 1 heterocycles. The van der Waals surface area contributed by atoms with Crippen molar-refractivity contribution in [3.05, 3.63) is 0 Å². The maximum Gasteiger partial charge on any atom is 0.410 e. The van der Waals surface area contributed by atoms with Gasteiger partial charge in [-0.05, 0) is 39.5 Å². The second kappa shape index (κ2) is 5.84. The molecule has 19 heavy (non-hydrogen) atoms. The fourth-order valence-electron chi connectivity index (χ4n) is 2.08. The van der Waals surface area contributed by atoms with Crippen LogP contribution in [0.25, 0.3) is 0 Å². The number of carbonyl (C=O) groups excluding carboxylic acids is 2. The molecule has 0 aromatic carbocycles. The molecule has 1 aliphatic rings. The first-order chi connectivity index (χ1) is 8.63. The summed E-state index contributed by atoms with van der Waals surface area (Å²) in [5, 5.41) is 0. The lowest BCUT2D eigenvalue weighted by molar-refractivity contribution is -0.132. The van der Waals surface area contributed by atoms with Crippen molar-refractivity contribution < 1.29 is 23.1 Å². The van der Waals surface area contributed by atoms with Crippen LogP contribution in [0.1, 0.15) is 40.0 Å². The molecular formula is C13H21F2NO3. The first-order valence-electron chi connectivity index (χ1n) is 6.45. The summed E-state index contributed by atoms with van der Waals surface area (Å²) in [6.45, 7) is 6.13. The van der Waals surface area contributed by atoms with Crippen molar-refractivity contribution in [1.29, 1.82) is 0 Å². The Morgan fingerprint density at radius 3 is 2.26 bits per heavy atom. The van der Waals surface area contributed by atoms with Crippen LogP contribution in [0.4, 0.5) is 13.6 Å². The van der Waals surface area contributed by atoms with Crippen LogP contribution in [-0.4, -0.2) is 41.9 Å². The number of alkyl halides is 2. The summed E-state index contributed by atoms with van der Waals surface area (Å²) in [6, 6.07) is 0. The molecule has 6 heteroatoms. The molecule has 0 unspecified atom stereocenters. The summed E-state index contributed by atoms with van der Waals surface area (Å²) in [6.07, 6.45) is -0.190. The van der Waals surface area contributed by atoms with Gasteiger partial charge in [-0.2, -0.15) is 8.78 Å². The van der Waals surface area contributed by atoms with E-state index in [-0.39, 0.29) is 12.2 Å². The third-order valence-corrected chi connectivity index (χ3v) is 3.00. The monoisotopic (exact) mass is 277 g/mol. The highest BCUT2D eigenvalue weighted by molar-refractivity contribution is 5.68. The van der Waals surface area contributed by atoms with E-state index < -0.39 is 24.0 Å². The number of ether oxygens (including phenoxy) is 1. The standard InChI is InChI=1S/C13H21F2NO3/c1-12(2,3)19-11(18)16-6-4-10(5-7-16)8-13(14,15)9-17/h9-10H,4-8H2,1-3H3. The van der Waals surface area contributed by atoms with Gasteiger partial charge in [0.2, 0.25) is 0 Å². The van der Waals surface area contributed by atoms with Gasteiger partial charge in [0.25, 0.3) is 0 Å². The second-order valence-electron chi connectivity index (χ2n) is 5.99. The van der Waals surface area contributed by atoms with Crippen LogP contribution in [0.2, 0.25) is 0 Å². The van der Waals surface area contributed by atoms with Gasteiger partial charge in [-0.3, -0.25) is 4.79 Å². The van der Waals surface area contributed by atoms with Crippen LogP contribution in [0.5, 0.6) is 0 Å². The fourth-order valence-corrected chi connectivity index (χ4v) is 2.08. The molecular weight excluding hydrogens is 256 g/mol. The summed E-state index contributed by atoms with van der Waals surface area (Å²) in [4.78, 5) is 23.5. The molecule has 1 saturated heterocycles. The molecule has 0 radical (unpaired) electrons. The number of piperidine rings is 1. The predicted octanol–water partition coefficient (Wildman–Crippen LogP) is 2.86. The quantitative estimate of drug-likeness (QED) is 0.745. The number of aldehydes is 1. The molecule has 1 rings (SSSR count). The first-order valence-corrected chi connectivity index (χ1v) is 6.45. The molecule has 0 aromatic rings. The summed E-state index contributed by atoms with van der Waals surface area (Å²) >= 11 is 0. The third-order valence-electron chi connectivity index (χ3n) is 3.00. The number of carbonyl (C=O) groups is 2. The van der Waals surface area contributed by atoms with Crippen LogP contribution in [-0.2, 0) is 9.53 Å². The summed E-state index contributed by atoms with van der Waals surface area (Å²) in [7, 11) is 0. The Morgan fingerprint density at radius 2 is 1.84 bits per heavy atom. The van der Waals surface area contributed by atoms with Gasteiger partial charge in [-0.1, -0.05) is 0 Å². The number of hydrogen-bond donors (Lipinski definition) is 0. The van der Waals surface area contributed by atoms with E-state index in [2.05, 4.69) is 0 Å². The van der Waals surface area contributed by atoms with Crippen molar-refractivity contribution in [2.45, 2.75) is 51.6 Å². The average Bonchev–Trinajstić information content (AvgIpc) is 2.27. The molecule has 0 spiro atoms. The average molecular weight is 277 g/mol. The van der Waals surface area contributed by atoms with Crippen molar-refractivity contribution in [2.75, 3.05) is 13.1 Å². The van der Waals surface area contributed by atoms with Gasteiger partial charge in [0.05, 0.1) is 0 Å². The van der Waals surface area contributed by atoms with Crippen molar-refractivity contribution in [3.63, 3.8) is 0 Å². The van der Waals surface area contributed by atoms with Gasteiger partial charge >= 0.3 is 12.0 Å². The third kappa shape index (κ3) is 5.53. The minimum absolute atomic E-state index is 0.223. The van der Waals surface area contributed by atoms with E-state index in [1.165, 1.54) is 4.90 Å². The van der Waals surface area contributed by atoms with Crippen LogP contribution in [0.3, 0.4) is 0 Å². The molecule has 110 valence electrons. The number of hydrogen-bond acceptors (Lipinski definition) is 3. The normalized spacial score (nSPS) is 18.3. The molecule has 0 bridgehead atoms. The first kappa shape index (κ1) is 15.9. The lowest BCUT2D eigenvalue weighted by Crippen LogP contribution is -2.42. The van der Waals surface area contributed by atoms with Crippen LogP contribution in [0.15, 0.2) is 0 Å². The van der Waals surface area contributed by atoms with Gasteiger partial charge < -0.3 is 9.64 Å². The Labute approximate surface area is 112 Å². The number of likely N-dealkylation sites (tertiary alicyclic amines) is 1. The maximum absolute atomic E-state index is 12.9. The molecule has 1 fully saturated rings. The van der Waals surface area contributed by atoms with E-state index in [4.69, 9.17) is 4.74 Å². The van der Waals surface area contributed by atoms with Crippen molar-refractivity contribution >= 4 is 12.4 Å². The number of amides is 1. The lowest BCUT2D eigenvalue weighted by atomic mass is 9.91. The number of halogens is 2. The lowest BCUT2D eigenvalue weighted by Gasteiger charge is -2.34.